The third-order valence-corrected chi connectivity index (χ3v) is 5.52. The van der Waals surface area contributed by atoms with Crippen molar-refractivity contribution in [1.82, 2.24) is 15.5 Å². The van der Waals surface area contributed by atoms with Gasteiger partial charge in [0, 0.05) is 31.9 Å². The van der Waals surface area contributed by atoms with Crippen molar-refractivity contribution in [3.8, 4) is 0 Å². The summed E-state index contributed by atoms with van der Waals surface area (Å²) in [4.78, 5) is 18.9. The fourth-order valence-electron chi connectivity index (χ4n) is 3.73. The normalized spacial score (nSPS) is 14.5. The van der Waals surface area contributed by atoms with Crippen molar-refractivity contribution in [3.63, 3.8) is 0 Å². The molecule has 2 aromatic carbocycles. The number of rotatable bonds is 7. The van der Waals surface area contributed by atoms with Crippen LogP contribution in [0, 0.1) is 6.92 Å². The van der Waals surface area contributed by atoms with Crippen molar-refractivity contribution in [2.24, 2.45) is 4.99 Å². The number of benzene rings is 2. The number of likely N-dealkylation sites (tertiary alicyclic amines) is 1. The molecule has 0 bridgehead atoms. The first-order valence-electron chi connectivity index (χ1n) is 11.3. The van der Waals surface area contributed by atoms with E-state index in [4.69, 9.17) is 4.99 Å². The van der Waals surface area contributed by atoms with E-state index in [2.05, 4.69) is 61.0 Å². The summed E-state index contributed by atoms with van der Waals surface area (Å²) in [6.45, 7) is 10.2. The fraction of sp³-hybridized carbons (Fsp3) is 0.440. The number of nitrogens with zero attached hydrogens (tertiary/aromatic N) is 2. The minimum Gasteiger partial charge on any atom is -0.357 e. The van der Waals surface area contributed by atoms with Crippen molar-refractivity contribution in [2.75, 3.05) is 31.5 Å². The van der Waals surface area contributed by atoms with Gasteiger partial charge in [-0.1, -0.05) is 48.9 Å². The van der Waals surface area contributed by atoms with Crippen LogP contribution in [0.1, 0.15) is 49.3 Å². The van der Waals surface area contributed by atoms with Crippen molar-refractivity contribution < 1.29 is 4.79 Å². The summed E-state index contributed by atoms with van der Waals surface area (Å²) in [6.07, 6.45) is 2.18. The van der Waals surface area contributed by atoms with Crippen LogP contribution in [0.3, 0.4) is 0 Å². The van der Waals surface area contributed by atoms with Crippen LogP contribution in [0.4, 0.5) is 10.5 Å². The summed E-state index contributed by atoms with van der Waals surface area (Å²) >= 11 is 0. The minimum absolute atomic E-state index is 0. The number of nitrogens with one attached hydrogen (secondary N) is 3. The van der Waals surface area contributed by atoms with Crippen molar-refractivity contribution in [2.45, 2.75) is 46.1 Å². The largest absolute Gasteiger partial charge is 0.357 e. The fourth-order valence-corrected chi connectivity index (χ4v) is 3.73. The maximum absolute atomic E-state index is 12.3. The highest BCUT2D eigenvalue weighted by Crippen LogP contribution is 2.16. The second-order valence-corrected chi connectivity index (χ2v) is 8.22. The predicted molar refractivity (Wildman–Crippen MR) is 144 cm³/mol. The highest BCUT2D eigenvalue weighted by atomic mass is 127. The monoisotopic (exact) mass is 549 g/mol. The SMILES string of the molecule is CCNC(=NCc1cccc(NC(=O)N2CCCC2)c1)NCC(C)c1cccc(C)c1.I. The van der Waals surface area contributed by atoms with Crippen molar-refractivity contribution >= 4 is 41.7 Å². The van der Waals surface area contributed by atoms with Gasteiger partial charge in [-0.15, -0.1) is 24.0 Å². The van der Waals surface area contributed by atoms with Gasteiger partial charge in [-0.3, -0.25) is 0 Å². The molecule has 1 heterocycles. The molecule has 3 N–H and O–H groups in total. The van der Waals surface area contributed by atoms with E-state index >= 15 is 0 Å². The van der Waals surface area contributed by atoms with E-state index in [9.17, 15) is 4.79 Å². The molecule has 7 heteroatoms. The number of carbonyl (C=O) groups excluding carboxylic acids is 1. The maximum Gasteiger partial charge on any atom is 0.321 e. The maximum atomic E-state index is 12.3. The Morgan fingerprint density at radius 3 is 2.56 bits per heavy atom. The molecule has 0 radical (unpaired) electrons. The van der Waals surface area contributed by atoms with Crippen molar-refractivity contribution in [1.29, 1.82) is 0 Å². The Morgan fingerprint density at radius 2 is 1.84 bits per heavy atom. The first-order valence-corrected chi connectivity index (χ1v) is 11.3. The van der Waals surface area contributed by atoms with Gasteiger partial charge in [-0.05, 0) is 55.9 Å². The zero-order valence-electron chi connectivity index (χ0n) is 19.4. The van der Waals surface area contributed by atoms with Gasteiger partial charge < -0.3 is 20.9 Å². The van der Waals surface area contributed by atoms with Crippen LogP contribution in [-0.2, 0) is 6.54 Å². The van der Waals surface area contributed by atoms with E-state index in [1.165, 1.54) is 11.1 Å². The number of aryl methyl sites for hydroxylation is 1. The zero-order valence-corrected chi connectivity index (χ0v) is 21.7. The molecule has 1 aliphatic rings. The first-order chi connectivity index (χ1) is 15.0. The summed E-state index contributed by atoms with van der Waals surface area (Å²) in [7, 11) is 0. The molecule has 1 atom stereocenters. The Morgan fingerprint density at radius 1 is 1.09 bits per heavy atom. The minimum atomic E-state index is -0.0155. The van der Waals surface area contributed by atoms with Crippen LogP contribution in [0.15, 0.2) is 53.5 Å². The number of carbonyl (C=O) groups is 1. The van der Waals surface area contributed by atoms with Crippen LogP contribution < -0.4 is 16.0 Å². The van der Waals surface area contributed by atoms with E-state index < -0.39 is 0 Å². The lowest BCUT2D eigenvalue weighted by Gasteiger charge is -2.17. The molecule has 0 saturated carbocycles. The molecular weight excluding hydrogens is 513 g/mol. The molecular formula is C25H36IN5O. The number of aliphatic imine (C=N–C) groups is 1. The van der Waals surface area contributed by atoms with Gasteiger partial charge >= 0.3 is 6.03 Å². The van der Waals surface area contributed by atoms with Gasteiger partial charge in [-0.25, -0.2) is 9.79 Å². The van der Waals surface area contributed by atoms with Crippen molar-refractivity contribution in [3.05, 3.63) is 65.2 Å². The van der Waals surface area contributed by atoms with Crippen LogP contribution in [0.2, 0.25) is 0 Å². The molecule has 32 heavy (non-hydrogen) atoms. The molecule has 0 aliphatic carbocycles. The Balaban J connectivity index is 0.00000363. The van der Waals surface area contributed by atoms with E-state index in [-0.39, 0.29) is 30.0 Å². The highest BCUT2D eigenvalue weighted by Gasteiger charge is 2.17. The molecule has 6 nitrogen and oxygen atoms in total. The Bertz CT molecular complexity index is 895. The molecule has 0 spiro atoms. The summed E-state index contributed by atoms with van der Waals surface area (Å²) in [5.74, 6) is 1.18. The van der Waals surface area contributed by atoms with Crippen LogP contribution in [0.25, 0.3) is 0 Å². The number of urea groups is 1. The van der Waals surface area contributed by atoms with E-state index in [1.54, 1.807) is 0 Å². The van der Waals surface area contributed by atoms with E-state index in [0.717, 1.165) is 56.2 Å². The van der Waals surface area contributed by atoms with E-state index in [0.29, 0.717) is 12.5 Å². The predicted octanol–water partition coefficient (Wildman–Crippen LogP) is 5.10. The van der Waals surface area contributed by atoms with Gasteiger partial charge in [0.15, 0.2) is 5.96 Å². The number of guanidine groups is 1. The van der Waals surface area contributed by atoms with Crippen LogP contribution >= 0.6 is 24.0 Å². The summed E-state index contributed by atoms with van der Waals surface area (Å²) in [5, 5.41) is 9.78. The molecule has 1 aliphatic heterocycles. The van der Waals surface area contributed by atoms with Gasteiger partial charge in [0.1, 0.15) is 0 Å². The quantitative estimate of drug-likeness (QED) is 0.256. The molecule has 2 aromatic rings. The Kier molecular flexibility index (Phi) is 10.8. The summed E-state index contributed by atoms with van der Waals surface area (Å²) < 4.78 is 0. The zero-order chi connectivity index (χ0) is 22.1. The molecule has 1 fully saturated rings. The lowest BCUT2D eigenvalue weighted by molar-refractivity contribution is 0.222. The third-order valence-electron chi connectivity index (χ3n) is 5.52. The van der Waals surface area contributed by atoms with Gasteiger partial charge in [0.05, 0.1) is 6.54 Å². The average molecular weight is 550 g/mol. The van der Waals surface area contributed by atoms with E-state index in [1.807, 2.05) is 29.2 Å². The number of amides is 2. The van der Waals surface area contributed by atoms with Crippen LogP contribution in [-0.4, -0.2) is 43.1 Å². The molecule has 0 aromatic heterocycles. The molecule has 1 unspecified atom stereocenters. The first kappa shape index (κ1) is 26.0. The lowest BCUT2D eigenvalue weighted by atomic mass is 9.99. The topological polar surface area (TPSA) is 68.8 Å². The smallest absolute Gasteiger partial charge is 0.321 e. The molecule has 3 rings (SSSR count). The Labute approximate surface area is 209 Å². The van der Waals surface area contributed by atoms with Gasteiger partial charge in [-0.2, -0.15) is 0 Å². The Hall–Kier alpha value is -2.29. The van der Waals surface area contributed by atoms with Gasteiger partial charge in [0.25, 0.3) is 0 Å². The summed E-state index contributed by atoms with van der Waals surface area (Å²) in [5.41, 5.74) is 4.48. The molecule has 1 saturated heterocycles. The second kappa shape index (κ2) is 13.3. The summed E-state index contributed by atoms with van der Waals surface area (Å²) in [6, 6.07) is 16.5. The number of halogens is 1. The average Bonchev–Trinajstić information content (AvgIpc) is 3.31. The standard InChI is InChI=1S/C25H35N5O.HI/c1-4-26-24(27-17-20(3)22-11-7-9-19(2)15-22)28-18-21-10-8-12-23(16-21)29-25(31)30-13-5-6-14-30;/h7-12,15-16,20H,4-6,13-14,17-18H2,1-3H3,(H,29,31)(H2,26,27,28);1H. The molecule has 2 amide bonds. The number of hydrogen-bond donors (Lipinski definition) is 3. The highest BCUT2D eigenvalue weighted by molar-refractivity contribution is 14.0. The van der Waals surface area contributed by atoms with Gasteiger partial charge in [0.2, 0.25) is 0 Å². The number of hydrogen-bond acceptors (Lipinski definition) is 2. The third kappa shape index (κ3) is 8.00. The van der Waals surface area contributed by atoms with Crippen LogP contribution in [0.5, 0.6) is 0 Å². The number of anilines is 1. The molecule has 174 valence electrons. The second-order valence-electron chi connectivity index (χ2n) is 8.22. The lowest BCUT2D eigenvalue weighted by Crippen LogP contribution is -2.39.